The first-order valence-electron chi connectivity index (χ1n) is 11.4. The number of likely N-dealkylation sites (N-methyl/N-ethyl adjacent to an activating group) is 1. The van der Waals surface area contributed by atoms with Crippen molar-refractivity contribution in [3.63, 3.8) is 0 Å². The van der Waals surface area contributed by atoms with Gasteiger partial charge in [0.15, 0.2) is 5.82 Å². The molecule has 0 radical (unpaired) electrons. The van der Waals surface area contributed by atoms with Crippen molar-refractivity contribution in [1.82, 2.24) is 20.0 Å². The number of rotatable bonds is 7. The molecule has 1 saturated heterocycles. The van der Waals surface area contributed by atoms with Crippen LogP contribution >= 0.6 is 11.3 Å². The van der Waals surface area contributed by atoms with Gasteiger partial charge in [-0.25, -0.2) is 0 Å². The van der Waals surface area contributed by atoms with Crippen molar-refractivity contribution in [3.05, 3.63) is 58.8 Å². The number of carbonyl (C=O) groups is 2. The normalized spacial score (nSPS) is 13.9. The highest BCUT2D eigenvalue weighted by Crippen LogP contribution is 2.22. The number of methoxy groups -OCH3 is 1. The molecule has 2 aromatic heterocycles. The molecule has 1 aliphatic rings. The zero-order valence-corrected chi connectivity index (χ0v) is 20.3. The van der Waals surface area contributed by atoms with Crippen LogP contribution in [0.15, 0.2) is 53.9 Å². The molecule has 8 nitrogen and oxygen atoms in total. The highest BCUT2D eigenvalue weighted by molar-refractivity contribution is 7.12. The third kappa shape index (κ3) is 5.53. The zero-order valence-electron chi connectivity index (χ0n) is 19.5. The van der Waals surface area contributed by atoms with Gasteiger partial charge in [0.25, 0.3) is 5.91 Å². The Labute approximate surface area is 203 Å². The van der Waals surface area contributed by atoms with Crippen molar-refractivity contribution in [3.8, 4) is 17.0 Å². The molecular formula is C25H29N5O3S. The SMILES string of the molecule is CCN(CC(=O)N1CCCN(c2ccc(-c3ccc(OC)cc3)nn2)CC1)C(=O)c1cccs1. The Balaban J connectivity index is 1.35. The van der Waals surface area contributed by atoms with Crippen molar-refractivity contribution in [2.45, 2.75) is 13.3 Å². The number of benzene rings is 1. The summed E-state index contributed by atoms with van der Waals surface area (Å²) in [6.45, 7) is 5.22. The van der Waals surface area contributed by atoms with Gasteiger partial charge in [-0.3, -0.25) is 9.59 Å². The lowest BCUT2D eigenvalue weighted by molar-refractivity contribution is -0.131. The second kappa shape index (κ2) is 11.1. The molecule has 2 amide bonds. The lowest BCUT2D eigenvalue weighted by Gasteiger charge is -2.26. The first-order valence-corrected chi connectivity index (χ1v) is 12.3. The number of anilines is 1. The molecule has 0 bridgehead atoms. The number of nitrogens with zero attached hydrogens (tertiary/aromatic N) is 5. The lowest BCUT2D eigenvalue weighted by Crippen LogP contribution is -2.44. The van der Waals surface area contributed by atoms with Crippen LogP contribution in [0, 0.1) is 0 Å². The van der Waals surface area contributed by atoms with Gasteiger partial charge in [-0.2, -0.15) is 0 Å². The maximum Gasteiger partial charge on any atom is 0.264 e. The quantitative estimate of drug-likeness (QED) is 0.517. The van der Waals surface area contributed by atoms with Crippen LogP contribution in [-0.4, -0.2) is 78.2 Å². The second-order valence-corrected chi connectivity index (χ2v) is 8.97. The zero-order chi connectivity index (χ0) is 23.9. The topological polar surface area (TPSA) is 78.9 Å². The fourth-order valence-corrected chi connectivity index (χ4v) is 4.64. The Kier molecular flexibility index (Phi) is 7.74. The fourth-order valence-electron chi connectivity index (χ4n) is 3.95. The van der Waals surface area contributed by atoms with E-state index in [0.717, 1.165) is 35.8 Å². The van der Waals surface area contributed by atoms with Gasteiger partial charge in [-0.15, -0.1) is 21.5 Å². The van der Waals surface area contributed by atoms with Crippen LogP contribution < -0.4 is 9.64 Å². The van der Waals surface area contributed by atoms with Crippen LogP contribution in [0.2, 0.25) is 0 Å². The Morgan fingerprint density at radius 3 is 2.50 bits per heavy atom. The number of hydrogen-bond donors (Lipinski definition) is 0. The Bertz CT molecular complexity index is 1090. The van der Waals surface area contributed by atoms with E-state index in [9.17, 15) is 9.59 Å². The van der Waals surface area contributed by atoms with E-state index in [0.29, 0.717) is 31.1 Å². The van der Waals surface area contributed by atoms with Crippen LogP contribution in [0.5, 0.6) is 5.75 Å². The monoisotopic (exact) mass is 479 g/mol. The standard InChI is InChI=1S/C25H29N5O3S/c1-3-28(25(32)22-6-4-17-34-22)18-24(31)30-14-5-13-29(15-16-30)23-12-11-21(26-27-23)19-7-9-20(33-2)10-8-19/h4,6-12,17H,3,5,13-16,18H2,1-2H3. The maximum absolute atomic E-state index is 13.0. The molecule has 9 heteroatoms. The number of thiophene rings is 1. The van der Waals surface area contributed by atoms with Gasteiger partial charge in [0.2, 0.25) is 5.91 Å². The van der Waals surface area contributed by atoms with Gasteiger partial charge >= 0.3 is 0 Å². The molecule has 0 atom stereocenters. The first-order chi connectivity index (χ1) is 16.6. The van der Waals surface area contributed by atoms with Gasteiger partial charge in [0.1, 0.15) is 12.3 Å². The molecular weight excluding hydrogens is 450 g/mol. The van der Waals surface area contributed by atoms with Gasteiger partial charge in [0.05, 0.1) is 17.7 Å². The molecule has 0 aliphatic carbocycles. The summed E-state index contributed by atoms with van der Waals surface area (Å²) in [6, 6.07) is 15.3. The van der Waals surface area contributed by atoms with Crippen LogP contribution in [0.3, 0.4) is 0 Å². The van der Waals surface area contributed by atoms with Crippen LogP contribution in [0.4, 0.5) is 5.82 Å². The first kappa shape index (κ1) is 23.7. The van der Waals surface area contributed by atoms with Gasteiger partial charge in [-0.1, -0.05) is 6.07 Å². The molecule has 3 heterocycles. The summed E-state index contributed by atoms with van der Waals surface area (Å²) in [4.78, 5) is 31.9. The number of carbonyl (C=O) groups excluding carboxylic acids is 2. The second-order valence-electron chi connectivity index (χ2n) is 8.02. The molecule has 0 unspecified atom stereocenters. The predicted octanol–water partition coefficient (Wildman–Crippen LogP) is 3.41. The molecule has 1 aromatic carbocycles. The van der Waals surface area contributed by atoms with E-state index in [2.05, 4.69) is 15.1 Å². The third-order valence-electron chi connectivity index (χ3n) is 5.94. The number of ether oxygens (including phenoxy) is 1. The molecule has 0 saturated carbocycles. The third-order valence-corrected chi connectivity index (χ3v) is 6.79. The van der Waals surface area contributed by atoms with Crippen molar-refractivity contribution in [1.29, 1.82) is 0 Å². The summed E-state index contributed by atoms with van der Waals surface area (Å²) in [6.07, 6.45) is 0.832. The molecule has 4 rings (SSSR count). The van der Waals surface area contributed by atoms with E-state index in [-0.39, 0.29) is 18.4 Å². The van der Waals surface area contributed by atoms with Gasteiger partial charge < -0.3 is 19.4 Å². The van der Waals surface area contributed by atoms with E-state index < -0.39 is 0 Å². The average Bonchev–Trinajstić information content (AvgIpc) is 3.31. The van der Waals surface area contributed by atoms with E-state index in [1.165, 1.54) is 11.3 Å². The molecule has 178 valence electrons. The minimum Gasteiger partial charge on any atom is -0.497 e. The van der Waals surface area contributed by atoms with E-state index in [1.807, 2.05) is 59.7 Å². The molecule has 0 spiro atoms. The number of aromatic nitrogens is 2. The highest BCUT2D eigenvalue weighted by atomic mass is 32.1. The van der Waals surface area contributed by atoms with Crippen molar-refractivity contribution in [2.75, 3.05) is 51.3 Å². The molecule has 0 N–H and O–H groups in total. The summed E-state index contributed by atoms with van der Waals surface area (Å²) >= 11 is 1.40. The Hall–Kier alpha value is -3.46. The summed E-state index contributed by atoms with van der Waals surface area (Å²) in [7, 11) is 1.64. The predicted molar refractivity (Wildman–Crippen MR) is 133 cm³/mol. The van der Waals surface area contributed by atoms with Crippen LogP contribution in [0.1, 0.15) is 23.0 Å². The summed E-state index contributed by atoms with van der Waals surface area (Å²) in [5, 5.41) is 10.7. The van der Waals surface area contributed by atoms with Crippen LogP contribution in [0.25, 0.3) is 11.3 Å². The Morgan fingerprint density at radius 2 is 1.85 bits per heavy atom. The lowest BCUT2D eigenvalue weighted by atomic mass is 10.1. The van der Waals surface area contributed by atoms with E-state index in [1.54, 1.807) is 18.1 Å². The van der Waals surface area contributed by atoms with Crippen molar-refractivity contribution >= 4 is 29.0 Å². The van der Waals surface area contributed by atoms with E-state index in [4.69, 9.17) is 4.74 Å². The summed E-state index contributed by atoms with van der Waals surface area (Å²) < 4.78 is 5.21. The van der Waals surface area contributed by atoms with Gasteiger partial charge in [0, 0.05) is 38.3 Å². The Morgan fingerprint density at radius 1 is 1.03 bits per heavy atom. The number of amides is 2. The average molecular weight is 480 g/mol. The fraction of sp³-hybridized carbons (Fsp3) is 0.360. The molecule has 34 heavy (non-hydrogen) atoms. The smallest absolute Gasteiger partial charge is 0.264 e. The highest BCUT2D eigenvalue weighted by Gasteiger charge is 2.24. The van der Waals surface area contributed by atoms with Crippen molar-refractivity contribution in [2.24, 2.45) is 0 Å². The van der Waals surface area contributed by atoms with E-state index >= 15 is 0 Å². The summed E-state index contributed by atoms with van der Waals surface area (Å²) in [5.41, 5.74) is 1.78. The molecule has 1 aliphatic heterocycles. The molecule has 1 fully saturated rings. The van der Waals surface area contributed by atoms with Crippen molar-refractivity contribution < 1.29 is 14.3 Å². The minimum atomic E-state index is -0.0884. The largest absolute Gasteiger partial charge is 0.497 e. The van der Waals surface area contributed by atoms with Gasteiger partial charge in [-0.05, 0) is 61.2 Å². The van der Waals surface area contributed by atoms with Crippen LogP contribution in [-0.2, 0) is 4.79 Å². The molecule has 3 aromatic rings. The summed E-state index contributed by atoms with van der Waals surface area (Å²) in [5.74, 6) is 1.49. The number of hydrogen-bond acceptors (Lipinski definition) is 7. The maximum atomic E-state index is 13.0. The minimum absolute atomic E-state index is 0.0189.